The Bertz CT molecular complexity index is 1150. The van der Waals surface area contributed by atoms with E-state index >= 15 is 0 Å². The summed E-state index contributed by atoms with van der Waals surface area (Å²) in [6.07, 6.45) is 4.91. The molecule has 0 unspecified atom stereocenters. The molecule has 0 atom stereocenters. The van der Waals surface area contributed by atoms with E-state index in [1.807, 2.05) is 18.0 Å². The summed E-state index contributed by atoms with van der Waals surface area (Å²) in [7, 11) is 0. The molecule has 9 nitrogen and oxygen atoms in total. The van der Waals surface area contributed by atoms with Crippen molar-refractivity contribution in [2.45, 2.75) is 26.3 Å². The monoisotopic (exact) mass is 412 g/mol. The van der Waals surface area contributed by atoms with Crippen molar-refractivity contribution < 1.29 is 4.92 Å². The minimum atomic E-state index is -0.502. The number of hydrogen-bond donors (Lipinski definition) is 0. The summed E-state index contributed by atoms with van der Waals surface area (Å²) in [6, 6.07) is 5.56. The lowest BCUT2D eigenvalue weighted by Crippen LogP contribution is -2.34. The maximum atomic E-state index is 12.8. The van der Waals surface area contributed by atoms with Gasteiger partial charge in [0.15, 0.2) is 0 Å². The topological polar surface area (TPSA) is 107 Å². The average Bonchev–Trinajstić information content (AvgIpc) is 2.75. The molecule has 1 aliphatic heterocycles. The van der Waals surface area contributed by atoms with Crippen LogP contribution in [0.4, 0.5) is 11.4 Å². The Kier molecular flexibility index (Phi) is 4.98. The molecule has 0 aliphatic carbocycles. The number of hydrogen-bond acceptors (Lipinski definition) is 7. The molecule has 0 fully saturated rings. The maximum absolute atomic E-state index is 12.8. The molecule has 0 spiro atoms. The normalized spacial score (nSPS) is 13.2. The Morgan fingerprint density at radius 3 is 2.69 bits per heavy atom. The van der Waals surface area contributed by atoms with Crippen LogP contribution in [0.2, 0.25) is 5.02 Å². The number of halogens is 1. The first-order valence-corrected chi connectivity index (χ1v) is 9.47. The zero-order chi connectivity index (χ0) is 20.5. The molecular formula is C19H17ClN6O3. The Morgan fingerprint density at radius 2 is 2.00 bits per heavy atom. The number of nitro groups is 1. The summed E-state index contributed by atoms with van der Waals surface area (Å²) in [4.78, 5) is 34.0. The first-order chi connectivity index (χ1) is 14.0. The molecule has 3 aromatic rings. The average molecular weight is 413 g/mol. The van der Waals surface area contributed by atoms with Crippen LogP contribution in [0, 0.1) is 10.1 Å². The smallest absolute Gasteiger partial charge is 0.292 e. The summed E-state index contributed by atoms with van der Waals surface area (Å²) < 4.78 is 1.13. The number of anilines is 1. The van der Waals surface area contributed by atoms with Gasteiger partial charge in [-0.2, -0.15) is 9.78 Å². The van der Waals surface area contributed by atoms with Gasteiger partial charge in [-0.25, -0.2) is 9.97 Å². The lowest BCUT2D eigenvalue weighted by atomic mass is 10.1. The number of aromatic nitrogens is 4. The Balaban J connectivity index is 1.65. The molecule has 2 aromatic heterocycles. The van der Waals surface area contributed by atoms with E-state index in [0.717, 1.165) is 34.6 Å². The molecule has 10 heteroatoms. The Morgan fingerprint density at radius 1 is 1.24 bits per heavy atom. The van der Waals surface area contributed by atoms with E-state index in [-0.39, 0.29) is 10.7 Å². The van der Waals surface area contributed by atoms with Gasteiger partial charge in [0.2, 0.25) is 0 Å². The van der Waals surface area contributed by atoms with Gasteiger partial charge in [0.25, 0.3) is 11.2 Å². The predicted molar refractivity (Wildman–Crippen MR) is 108 cm³/mol. The second-order valence-electron chi connectivity index (χ2n) is 6.62. The van der Waals surface area contributed by atoms with Gasteiger partial charge in [-0.1, -0.05) is 18.5 Å². The lowest BCUT2D eigenvalue weighted by molar-refractivity contribution is -0.384. The van der Waals surface area contributed by atoms with Crippen molar-refractivity contribution in [2.24, 2.45) is 0 Å². The first kappa shape index (κ1) is 19.0. The fourth-order valence-electron chi connectivity index (χ4n) is 3.26. The predicted octanol–water partition coefficient (Wildman–Crippen LogP) is 2.71. The minimum absolute atomic E-state index is 0.0478. The molecule has 0 saturated carbocycles. The van der Waals surface area contributed by atoms with E-state index in [0.29, 0.717) is 24.5 Å². The zero-order valence-electron chi connectivity index (χ0n) is 15.6. The highest BCUT2D eigenvalue weighted by atomic mass is 35.5. The van der Waals surface area contributed by atoms with Crippen LogP contribution in [0.15, 0.2) is 41.5 Å². The number of rotatable bonds is 4. The molecule has 0 saturated heterocycles. The largest absolute Gasteiger partial charge is 0.363 e. The van der Waals surface area contributed by atoms with Gasteiger partial charge in [-0.3, -0.25) is 14.9 Å². The standard InChI is InChI=1S/C19H17ClN6O3/c1-2-17-21-9-12-7-8-24(11-15(12)23-17)16-10-22-25(19(27)18(16)20)13-3-5-14(6-4-13)26(28)29/h3-6,9-10H,2,7-8,11H2,1H3. The van der Waals surface area contributed by atoms with E-state index in [1.165, 1.54) is 30.5 Å². The third-order valence-corrected chi connectivity index (χ3v) is 5.21. The van der Waals surface area contributed by atoms with Gasteiger partial charge in [0, 0.05) is 31.3 Å². The molecule has 0 radical (unpaired) electrons. The summed E-state index contributed by atoms with van der Waals surface area (Å²) in [5.41, 5.74) is 2.42. The van der Waals surface area contributed by atoms with Crippen LogP contribution in [0.1, 0.15) is 24.0 Å². The van der Waals surface area contributed by atoms with Crippen molar-refractivity contribution in [1.29, 1.82) is 0 Å². The second-order valence-corrected chi connectivity index (χ2v) is 7.00. The quantitative estimate of drug-likeness (QED) is 0.479. The fraction of sp³-hybridized carbons (Fsp3) is 0.263. The highest BCUT2D eigenvalue weighted by Gasteiger charge is 2.23. The minimum Gasteiger partial charge on any atom is -0.363 e. The lowest BCUT2D eigenvalue weighted by Gasteiger charge is -2.30. The molecule has 0 N–H and O–H groups in total. The van der Waals surface area contributed by atoms with Gasteiger partial charge >= 0.3 is 0 Å². The molecular weight excluding hydrogens is 396 g/mol. The van der Waals surface area contributed by atoms with Crippen LogP contribution in [-0.4, -0.2) is 31.2 Å². The molecule has 0 bridgehead atoms. The van der Waals surface area contributed by atoms with Gasteiger partial charge < -0.3 is 4.90 Å². The highest BCUT2D eigenvalue weighted by Crippen LogP contribution is 2.27. The summed E-state index contributed by atoms with van der Waals surface area (Å²) in [5.74, 6) is 0.781. The van der Waals surface area contributed by atoms with E-state index < -0.39 is 10.5 Å². The number of nitro benzene ring substituents is 1. The summed E-state index contributed by atoms with van der Waals surface area (Å²) >= 11 is 6.39. The molecule has 148 valence electrons. The molecule has 1 aromatic carbocycles. The number of fused-ring (bicyclic) bond motifs is 1. The van der Waals surface area contributed by atoms with E-state index in [4.69, 9.17) is 11.6 Å². The first-order valence-electron chi connectivity index (χ1n) is 9.09. The Hall–Kier alpha value is -3.33. The van der Waals surface area contributed by atoms with Crippen molar-refractivity contribution in [3.05, 3.63) is 79.2 Å². The van der Waals surface area contributed by atoms with E-state index in [1.54, 1.807) is 0 Å². The third-order valence-electron chi connectivity index (χ3n) is 4.86. The third kappa shape index (κ3) is 3.56. The van der Waals surface area contributed by atoms with E-state index in [9.17, 15) is 14.9 Å². The number of non-ortho nitro benzene ring substituents is 1. The van der Waals surface area contributed by atoms with Crippen LogP contribution in [-0.2, 0) is 19.4 Å². The highest BCUT2D eigenvalue weighted by molar-refractivity contribution is 6.33. The SMILES string of the molecule is CCc1ncc2c(n1)CN(c1cnn(-c3ccc([N+](=O)[O-])cc3)c(=O)c1Cl)CC2. The molecule has 4 rings (SSSR count). The van der Waals surface area contributed by atoms with Crippen molar-refractivity contribution >= 4 is 23.0 Å². The number of aryl methyl sites for hydroxylation is 1. The summed E-state index contributed by atoms with van der Waals surface area (Å²) in [6.45, 7) is 3.19. The van der Waals surface area contributed by atoms with Crippen LogP contribution in [0.25, 0.3) is 5.69 Å². The van der Waals surface area contributed by atoms with Crippen LogP contribution < -0.4 is 10.5 Å². The Labute approximate surface area is 170 Å². The molecule has 29 heavy (non-hydrogen) atoms. The van der Waals surface area contributed by atoms with Crippen LogP contribution in [0.5, 0.6) is 0 Å². The molecule has 0 amide bonds. The van der Waals surface area contributed by atoms with Crippen molar-refractivity contribution in [3.63, 3.8) is 0 Å². The van der Waals surface area contributed by atoms with Gasteiger partial charge in [-0.05, 0) is 24.1 Å². The van der Waals surface area contributed by atoms with Crippen molar-refractivity contribution in [2.75, 3.05) is 11.4 Å². The van der Waals surface area contributed by atoms with Crippen LogP contribution >= 0.6 is 11.6 Å². The van der Waals surface area contributed by atoms with Gasteiger partial charge in [0.1, 0.15) is 10.8 Å². The van der Waals surface area contributed by atoms with Crippen molar-refractivity contribution in [3.8, 4) is 5.69 Å². The summed E-state index contributed by atoms with van der Waals surface area (Å²) in [5, 5.41) is 15.1. The van der Waals surface area contributed by atoms with Crippen molar-refractivity contribution in [1.82, 2.24) is 19.7 Å². The molecule has 3 heterocycles. The molecule has 1 aliphatic rings. The fourth-order valence-corrected chi connectivity index (χ4v) is 3.51. The van der Waals surface area contributed by atoms with Gasteiger partial charge in [-0.15, -0.1) is 0 Å². The number of benzene rings is 1. The maximum Gasteiger partial charge on any atom is 0.292 e. The number of nitrogens with zero attached hydrogens (tertiary/aromatic N) is 6. The van der Waals surface area contributed by atoms with Crippen LogP contribution in [0.3, 0.4) is 0 Å². The second kappa shape index (κ2) is 7.59. The van der Waals surface area contributed by atoms with Gasteiger partial charge in [0.05, 0.1) is 34.7 Å². The van der Waals surface area contributed by atoms with E-state index in [2.05, 4.69) is 15.1 Å². The zero-order valence-corrected chi connectivity index (χ0v) is 16.3.